The zero-order valence-corrected chi connectivity index (χ0v) is 18.5. The monoisotopic (exact) mass is 487 g/mol. The van der Waals surface area contributed by atoms with Crippen molar-refractivity contribution in [2.45, 2.75) is 6.04 Å². The van der Waals surface area contributed by atoms with Gasteiger partial charge in [0.1, 0.15) is 17.9 Å². The second kappa shape index (κ2) is 8.13. The highest BCUT2D eigenvalue weighted by Crippen LogP contribution is 2.41. The molecule has 1 atom stereocenters. The van der Waals surface area contributed by atoms with E-state index in [2.05, 4.69) is 22.5 Å². The molecule has 0 bridgehead atoms. The zero-order valence-electron chi connectivity index (χ0n) is 17.0. The van der Waals surface area contributed by atoms with Gasteiger partial charge in [0, 0.05) is 10.2 Å². The Labute approximate surface area is 192 Å². The first-order valence-corrected chi connectivity index (χ1v) is 10.9. The lowest BCUT2D eigenvalue weighted by Crippen LogP contribution is -2.29. The molecular weight excluding hydrogens is 470 g/mol. The number of hydrogen-bond acceptors (Lipinski definition) is 4. The summed E-state index contributed by atoms with van der Waals surface area (Å²) >= 11 is 3.42. The largest absolute Gasteiger partial charge is 0.490 e. The fourth-order valence-electron chi connectivity index (χ4n) is 4.04. The van der Waals surface area contributed by atoms with Crippen LogP contribution in [0, 0.1) is 0 Å². The number of rotatable bonds is 5. The molecule has 2 heterocycles. The summed E-state index contributed by atoms with van der Waals surface area (Å²) in [5.41, 5.74) is 1.91. The molecule has 0 spiro atoms. The van der Waals surface area contributed by atoms with Crippen molar-refractivity contribution in [2.24, 2.45) is 0 Å². The Morgan fingerprint density at radius 2 is 1.84 bits per heavy atom. The van der Waals surface area contributed by atoms with E-state index in [1.54, 1.807) is 29.2 Å². The number of carbonyl (C=O) groups excluding carboxylic acids is 1. The third-order valence-corrected chi connectivity index (χ3v) is 5.90. The highest BCUT2D eigenvalue weighted by Gasteiger charge is 2.43. The number of benzene rings is 3. The minimum atomic E-state index is -0.646. The van der Waals surface area contributed by atoms with Gasteiger partial charge in [-0.1, -0.05) is 58.9 Å². The van der Waals surface area contributed by atoms with Gasteiger partial charge in [0.15, 0.2) is 5.43 Å². The van der Waals surface area contributed by atoms with E-state index in [1.165, 1.54) is 0 Å². The Morgan fingerprint density at radius 3 is 2.62 bits per heavy atom. The zero-order chi connectivity index (χ0) is 22.2. The quantitative estimate of drug-likeness (QED) is 0.330. The standard InChI is InChI=1S/C26H18BrNO4/c1-2-13-31-19-10-6-7-16(14-19)23-22-24(29)20-15-17(27)11-12-21(20)32-25(22)26(30)28(23)18-8-4-3-5-9-18/h2-12,14-15,23H,1,13H2. The van der Waals surface area contributed by atoms with Gasteiger partial charge >= 0.3 is 0 Å². The SMILES string of the molecule is C=CCOc1cccc(C2c3c(oc4ccc(Br)cc4c3=O)C(=O)N2c2ccccc2)c1. The Kier molecular flexibility index (Phi) is 5.15. The fourth-order valence-corrected chi connectivity index (χ4v) is 4.41. The molecule has 0 aliphatic carbocycles. The minimum absolute atomic E-state index is 0.0658. The smallest absolute Gasteiger partial charge is 0.295 e. The molecule has 1 aromatic heterocycles. The normalized spacial score (nSPS) is 15.1. The van der Waals surface area contributed by atoms with E-state index in [4.69, 9.17) is 9.15 Å². The summed E-state index contributed by atoms with van der Waals surface area (Å²) in [6.07, 6.45) is 1.66. The van der Waals surface area contributed by atoms with Crippen LogP contribution in [-0.4, -0.2) is 12.5 Å². The van der Waals surface area contributed by atoms with Crippen LogP contribution in [0.4, 0.5) is 5.69 Å². The fraction of sp³-hybridized carbons (Fsp3) is 0.0769. The van der Waals surface area contributed by atoms with Gasteiger partial charge in [-0.05, 0) is 48.0 Å². The molecule has 32 heavy (non-hydrogen) atoms. The van der Waals surface area contributed by atoms with Gasteiger partial charge in [0.25, 0.3) is 5.91 Å². The average molecular weight is 488 g/mol. The Balaban J connectivity index is 1.77. The molecule has 1 unspecified atom stereocenters. The minimum Gasteiger partial charge on any atom is -0.490 e. The molecule has 0 N–H and O–H groups in total. The van der Waals surface area contributed by atoms with Crippen LogP contribution in [-0.2, 0) is 0 Å². The van der Waals surface area contributed by atoms with Gasteiger partial charge in [-0.15, -0.1) is 0 Å². The van der Waals surface area contributed by atoms with Crippen LogP contribution in [0.15, 0.2) is 99.1 Å². The summed E-state index contributed by atoms with van der Waals surface area (Å²) in [7, 11) is 0. The molecule has 4 aromatic rings. The predicted octanol–water partition coefficient (Wildman–Crippen LogP) is 5.87. The van der Waals surface area contributed by atoms with Crippen molar-refractivity contribution in [2.75, 3.05) is 11.5 Å². The van der Waals surface area contributed by atoms with E-state index in [-0.39, 0.29) is 17.1 Å². The van der Waals surface area contributed by atoms with E-state index in [1.807, 2.05) is 54.6 Å². The molecule has 158 valence electrons. The summed E-state index contributed by atoms with van der Waals surface area (Å²) < 4.78 is 12.5. The second-order valence-corrected chi connectivity index (χ2v) is 8.32. The summed E-state index contributed by atoms with van der Waals surface area (Å²) in [6.45, 7) is 4.03. The third-order valence-electron chi connectivity index (χ3n) is 5.41. The van der Waals surface area contributed by atoms with Crippen LogP contribution >= 0.6 is 15.9 Å². The molecule has 1 aliphatic rings. The van der Waals surface area contributed by atoms with Gasteiger partial charge in [-0.2, -0.15) is 0 Å². The van der Waals surface area contributed by atoms with Crippen molar-refractivity contribution in [3.8, 4) is 5.75 Å². The first-order chi connectivity index (χ1) is 15.6. The molecule has 0 saturated carbocycles. The molecule has 1 aliphatic heterocycles. The van der Waals surface area contributed by atoms with E-state index in [9.17, 15) is 9.59 Å². The molecule has 0 fully saturated rings. The summed E-state index contributed by atoms with van der Waals surface area (Å²) in [6, 6.07) is 21.2. The number of amides is 1. The number of anilines is 1. The molecule has 0 radical (unpaired) electrons. The predicted molar refractivity (Wildman–Crippen MR) is 127 cm³/mol. The lowest BCUT2D eigenvalue weighted by Gasteiger charge is -2.25. The van der Waals surface area contributed by atoms with Crippen molar-refractivity contribution >= 4 is 38.5 Å². The van der Waals surface area contributed by atoms with Crippen LogP contribution < -0.4 is 15.1 Å². The van der Waals surface area contributed by atoms with Crippen molar-refractivity contribution in [1.29, 1.82) is 0 Å². The van der Waals surface area contributed by atoms with Crippen LogP contribution in [0.25, 0.3) is 11.0 Å². The summed E-state index contributed by atoms with van der Waals surface area (Å²) in [5.74, 6) is 0.343. The van der Waals surface area contributed by atoms with E-state index in [0.29, 0.717) is 34.6 Å². The van der Waals surface area contributed by atoms with E-state index in [0.717, 1.165) is 10.0 Å². The van der Waals surface area contributed by atoms with E-state index < -0.39 is 6.04 Å². The summed E-state index contributed by atoms with van der Waals surface area (Å²) in [5, 5.41) is 0.421. The van der Waals surface area contributed by atoms with Gasteiger partial charge in [-0.25, -0.2) is 0 Å². The van der Waals surface area contributed by atoms with Crippen LogP contribution in [0.1, 0.15) is 27.7 Å². The second-order valence-electron chi connectivity index (χ2n) is 7.40. The van der Waals surface area contributed by atoms with Crippen molar-refractivity contribution < 1.29 is 13.9 Å². The molecule has 0 saturated heterocycles. The lowest BCUT2D eigenvalue weighted by atomic mass is 9.98. The van der Waals surface area contributed by atoms with E-state index >= 15 is 0 Å². The van der Waals surface area contributed by atoms with Crippen LogP contribution in [0.2, 0.25) is 0 Å². The van der Waals surface area contributed by atoms with Gasteiger partial charge in [0.2, 0.25) is 5.76 Å². The topological polar surface area (TPSA) is 59.8 Å². The van der Waals surface area contributed by atoms with Crippen molar-refractivity contribution in [1.82, 2.24) is 0 Å². The first kappa shape index (κ1) is 20.3. The van der Waals surface area contributed by atoms with Crippen LogP contribution in [0.3, 0.4) is 0 Å². The number of nitrogens with zero attached hydrogens (tertiary/aromatic N) is 1. The maximum absolute atomic E-state index is 13.6. The molecular formula is C26H18BrNO4. The maximum Gasteiger partial charge on any atom is 0.295 e. The summed E-state index contributed by atoms with van der Waals surface area (Å²) in [4.78, 5) is 28.8. The Hall–Kier alpha value is -3.64. The molecule has 6 heteroatoms. The Morgan fingerprint density at radius 1 is 1.03 bits per heavy atom. The molecule has 1 amide bonds. The van der Waals surface area contributed by atoms with Gasteiger partial charge in [-0.3, -0.25) is 14.5 Å². The van der Waals surface area contributed by atoms with Crippen molar-refractivity contribution in [3.05, 3.63) is 117 Å². The number of halogens is 1. The molecule has 3 aromatic carbocycles. The number of carbonyl (C=O) groups is 1. The first-order valence-electron chi connectivity index (χ1n) is 10.1. The molecule has 5 nitrogen and oxygen atoms in total. The Bertz CT molecular complexity index is 1410. The maximum atomic E-state index is 13.6. The molecule has 5 rings (SSSR count). The number of hydrogen-bond donors (Lipinski definition) is 0. The number of para-hydroxylation sites is 1. The highest BCUT2D eigenvalue weighted by atomic mass is 79.9. The number of fused-ring (bicyclic) bond motifs is 2. The highest BCUT2D eigenvalue weighted by molar-refractivity contribution is 9.10. The average Bonchev–Trinajstić information content (AvgIpc) is 3.11. The van der Waals surface area contributed by atoms with Gasteiger partial charge in [0.05, 0.1) is 17.0 Å². The number of ether oxygens (including phenoxy) is 1. The van der Waals surface area contributed by atoms with Crippen LogP contribution in [0.5, 0.6) is 5.75 Å². The lowest BCUT2D eigenvalue weighted by molar-refractivity contribution is 0.0971. The third kappa shape index (κ3) is 3.33. The van der Waals surface area contributed by atoms with Gasteiger partial charge < -0.3 is 9.15 Å². The van der Waals surface area contributed by atoms with Crippen molar-refractivity contribution in [3.63, 3.8) is 0 Å².